The first kappa shape index (κ1) is 16.5. The van der Waals surface area contributed by atoms with Crippen molar-refractivity contribution < 1.29 is 14.6 Å². The largest absolute Gasteiger partial charge is 0.496 e. The van der Waals surface area contributed by atoms with E-state index in [2.05, 4.69) is 10.4 Å². The maximum Gasteiger partial charge on any atom is 0.251 e. The van der Waals surface area contributed by atoms with Gasteiger partial charge in [-0.05, 0) is 43.4 Å². The van der Waals surface area contributed by atoms with Crippen LogP contribution in [0.1, 0.15) is 40.4 Å². The van der Waals surface area contributed by atoms with Gasteiger partial charge in [0.15, 0.2) is 0 Å². The molecule has 2 N–H and O–H groups in total. The third kappa shape index (κ3) is 3.28. The molecule has 1 amide bonds. The second-order valence-electron chi connectivity index (χ2n) is 6.47. The second-order valence-corrected chi connectivity index (χ2v) is 6.47. The number of hydrogen-bond acceptors (Lipinski definition) is 4. The molecule has 1 aromatic heterocycles. The summed E-state index contributed by atoms with van der Waals surface area (Å²) in [4.78, 5) is 12.7. The highest BCUT2D eigenvalue weighted by Gasteiger charge is 2.36. The molecular formula is C18H23N3O3. The van der Waals surface area contributed by atoms with Gasteiger partial charge in [-0.15, -0.1) is 0 Å². The van der Waals surface area contributed by atoms with Gasteiger partial charge in [0, 0.05) is 24.4 Å². The van der Waals surface area contributed by atoms with E-state index in [4.69, 9.17) is 4.74 Å². The van der Waals surface area contributed by atoms with Gasteiger partial charge in [-0.25, -0.2) is 0 Å². The molecule has 6 heteroatoms. The molecule has 1 fully saturated rings. The molecule has 1 aliphatic carbocycles. The van der Waals surface area contributed by atoms with Gasteiger partial charge in [-0.3, -0.25) is 9.48 Å². The molecule has 6 nitrogen and oxygen atoms in total. The van der Waals surface area contributed by atoms with E-state index >= 15 is 0 Å². The quantitative estimate of drug-likeness (QED) is 0.879. The van der Waals surface area contributed by atoms with E-state index in [0.717, 1.165) is 11.1 Å². The SMILES string of the molecule is COc1cc(C(=O)NC(c2cnn(C)c2)C2CC(O)C2)ccc1C. The van der Waals surface area contributed by atoms with Crippen LogP contribution in [0.5, 0.6) is 5.75 Å². The maximum atomic E-state index is 12.7. The van der Waals surface area contributed by atoms with E-state index in [-0.39, 0.29) is 24.0 Å². The molecule has 128 valence electrons. The summed E-state index contributed by atoms with van der Waals surface area (Å²) in [5.74, 6) is 0.767. The molecule has 2 aromatic rings. The lowest BCUT2D eigenvalue weighted by Gasteiger charge is -2.37. The van der Waals surface area contributed by atoms with Crippen molar-refractivity contribution in [3.8, 4) is 5.75 Å². The fraction of sp³-hybridized carbons (Fsp3) is 0.444. The number of aryl methyl sites for hydroxylation is 2. The summed E-state index contributed by atoms with van der Waals surface area (Å²) in [6.07, 6.45) is 4.79. The molecule has 0 radical (unpaired) electrons. The van der Waals surface area contributed by atoms with Crippen LogP contribution in [0.3, 0.4) is 0 Å². The van der Waals surface area contributed by atoms with Crippen molar-refractivity contribution in [2.75, 3.05) is 7.11 Å². The van der Waals surface area contributed by atoms with Crippen LogP contribution in [0, 0.1) is 12.8 Å². The zero-order chi connectivity index (χ0) is 17.3. The van der Waals surface area contributed by atoms with Crippen LogP contribution in [-0.2, 0) is 7.05 Å². The van der Waals surface area contributed by atoms with E-state index in [1.807, 2.05) is 26.2 Å². The normalized spacial score (nSPS) is 21.0. The minimum atomic E-state index is -0.273. The average Bonchev–Trinajstić information content (AvgIpc) is 2.96. The van der Waals surface area contributed by atoms with Crippen LogP contribution in [0.25, 0.3) is 0 Å². The first-order valence-corrected chi connectivity index (χ1v) is 8.10. The smallest absolute Gasteiger partial charge is 0.251 e. The first-order valence-electron chi connectivity index (χ1n) is 8.10. The highest BCUT2D eigenvalue weighted by molar-refractivity contribution is 5.95. The van der Waals surface area contributed by atoms with Crippen molar-refractivity contribution >= 4 is 5.91 Å². The number of ether oxygens (including phenoxy) is 1. The number of nitrogens with zero attached hydrogens (tertiary/aromatic N) is 2. The molecule has 1 unspecified atom stereocenters. The summed E-state index contributed by atoms with van der Waals surface area (Å²) in [6.45, 7) is 1.94. The molecule has 24 heavy (non-hydrogen) atoms. The number of hydrogen-bond donors (Lipinski definition) is 2. The average molecular weight is 329 g/mol. The third-order valence-electron chi connectivity index (χ3n) is 4.66. The number of carbonyl (C=O) groups excluding carboxylic acids is 1. The lowest BCUT2D eigenvalue weighted by atomic mass is 9.75. The van der Waals surface area contributed by atoms with Gasteiger partial charge in [0.05, 0.1) is 25.5 Å². The monoisotopic (exact) mass is 329 g/mol. The molecule has 1 aromatic carbocycles. The number of amides is 1. The van der Waals surface area contributed by atoms with Crippen molar-refractivity contribution in [2.24, 2.45) is 13.0 Å². The van der Waals surface area contributed by atoms with E-state index < -0.39 is 0 Å². The first-order chi connectivity index (χ1) is 11.5. The van der Waals surface area contributed by atoms with Gasteiger partial charge in [0.25, 0.3) is 5.91 Å². The number of aliphatic hydroxyl groups is 1. The Morgan fingerprint density at radius 1 is 1.46 bits per heavy atom. The van der Waals surface area contributed by atoms with Crippen molar-refractivity contribution in [2.45, 2.75) is 31.9 Å². The Balaban J connectivity index is 1.80. The minimum absolute atomic E-state index is 0.149. The summed E-state index contributed by atoms with van der Waals surface area (Å²) in [5.41, 5.74) is 2.51. The molecule has 1 atom stereocenters. The number of aromatic nitrogens is 2. The second kappa shape index (κ2) is 6.65. The van der Waals surface area contributed by atoms with Crippen LogP contribution < -0.4 is 10.1 Å². The number of carbonyl (C=O) groups is 1. The summed E-state index contributed by atoms with van der Waals surface area (Å²) in [5, 5.41) is 16.9. The number of benzene rings is 1. The molecule has 1 heterocycles. The van der Waals surface area contributed by atoms with E-state index in [1.165, 1.54) is 0 Å². The van der Waals surface area contributed by atoms with Crippen LogP contribution in [-0.4, -0.2) is 34.0 Å². The van der Waals surface area contributed by atoms with Crippen LogP contribution in [0.4, 0.5) is 0 Å². The van der Waals surface area contributed by atoms with E-state index in [1.54, 1.807) is 30.1 Å². The zero-order valence-electron chi connectivity index (χ0n) is 14.2. The Labute approximate surface area is 141 Å². The van der Waals surface area contributed by atoms with Crippen molar-refractivity contribution in [1.29, 1.82) is 0 Å². The number of nitrogens with one attached hydrogen (secondary N) is 1. The van der Waals surface area contributed by atoms with Crippen LogP contribution >= 0.6 is 0 Å². The maximum absolute atomic E-state index is 12.7. The lowest BCUT2D eigenvalue weighted by molar-refractivity contribution is 0.0235. The predicted molar refractivity (Wildman–Crippen MR) is 89.9 cm³/mol. The fourth-order valence-corrected chi connectivity index (χ4v) is 3.16. The molecule has 0 bridgehead atoms. The van der Waals surface area contributed by atoms with Gasteiger partial charge in [0.2, 0.25) is 0 Å². The van der Waals surface area contributed by atoms with Crippen molar-refractivity contribution in [3.05, 3.63) is 47.3 Å². The zero-order valence-corrected chi connectivity index (χ0v) is 14.2. The van der Waals surface area contributed by atoms with Crippen LogP contribution in [0.15, 0.2) is 30.6 Å². The lowest BCUT2D eigenvalue weighted by Crippen LogP contribution is -2.41. The summed E-state index contributed by atoms with van der Waals surface area (Å²) >= 11 is 0. The number of methoxy groups -OCH3 is 1. The molecular weight excluding hydrogens is 306 g/mol. The molecule has 1 aliphatic rings. The molecule has 0 saturated heterocycles. The predicted octanol–water partition coefficient (Wildman–Crippen LogP) is 1.98. The van der Waals surface area contributed by atoms with Gasteiger partial charge in [0.1, 0.15) is 5.75 Å². The van der Waals surface area contributed by atoms with E-state index in [9.17, 15) is 9.90 Å². The van der Waals surface area contributed by atoms with Crippen molar-refractivity contribution in [1.82, 2.24) is 15.1 Å². The highest BCUT2D eigenvalue weighted by Crippen LogP contribution is 2.38. The topological polar surface area (TPSA) is 76.4 Å². The Bertz CT molecular complexity index is 735. The summed E-state index contributed by atoms with van der Waals surface area (Å²) in [7, 11) is 3.45. The Morgan fingerprint density at radius 3 is 2.79 bits per heavy atom. The summed E-state index contributed by atoms with van der Waals surface area (Å²) < 4.78 is 7.02. The third-order valence-corrected chi connectivity index (χ3v) is 4.66. The fourth-order valence-electron chi connectivity index (χ4n) is 3.16. The number of rotatable bonds is 5. The van der Waals surface area contributed by atoms with Gasteiger partial charge >= 0.3 is 0 Å². The standard InChI is InChI=1S/C18H23N3O3/c1-11-4-5-12(8-16(11)24-3)18(23)20-17(13-6-15(22)7-13)14-9-19-21(2)10-14/h4-5,8-10,13,15,17,22H,6-7H2,1-3H3,(H,20,23). The van der Waals surface area contributed by atoms with Crippen molar-refractivity contribution in [3.63, 3.8) is 0 Å². The molecule has 1 saturated carbocycles. The highest BCUT2D eigenvalue weighted by atomic mass is 16.5. The van der Waals surface area contributed by atoms with Crippen LogP contribution in [0.2, 0.25) is 0 Å². The van der Waals surface area contributed by atoms with Gasteiger partial charge in [-0.2, -0.15) is 5.10 Å². The Hall–Kier alpha value is -2.34. The van der Waals surface area contributed by atoms with E-state index in [0.29, 0.717) is 24.2 Å². The summed E-state index contributed by atoms with van der Waals surface area (Å²) in [6, 6.07) is 5.27. The van der Waals surface area contributed by atoms with Gasteiger partial charge in [-0.1, -0.05) is 6.07 Å². The molecule has 0 aliphatic heterocycles. The van der Waals surface area contributed by atoms with Gasteiger partial charge < -0.3 is 15.2 Å². The molecule has 0 spiro atoms. The Kier molecular flexibility index (Phi) is 4.57. The molecule has 3 rings (SSSR count). The number of aliphatic hydroxyl groups excluding tert-OH is 1. The Morgan fingerprint density at radius 2 is 2.21 bits per heavy atom. The minimum Gasteiger partial charge on any atom is -0.496 e.